The Balaban J connectivity index is 1.77. The Bertz CT molecular complexity index is 462. The quantitative estimate of drug-likeness (QED) is 0.750. The summed E-state index contributed by atoms with van der Waals surface area (Å²) in [5.74, 6) is 0.900. The molecule has 0 radical (unpaired) electrons. The van der Waals surface area contributed by atoms with E-state index in [2.05, 4.69) is 10.6 Å². The van der Waals surface area contributed by atoms with Crippen molar-refractivity contribution in [2.75, 3.05) is 40.0 Å². The largest absolute Gasteiger partial charge is 0.492 e. The number of ether oxygens (including phenoxy) is 2. The molecule has 0 aromatic heterocycles. The van der Waals surface area contributed by atoms with Gasteiger partial charge in [0.25, 0.3) is 0 Å². The van der Waals surface area contributed by atoms with E-state index in [1.54, 1.807) is 7.11 Å². The van der Waals surface area contributed by atoms with Crippen LogP contribution < -0.4 is 15.4 Å². The van der Waals surface area contributed by atoms with Crippen molar-refractivity contribution >= 4 is 5.91 Å². The van der Waals surface area contributed by atoms with Crippen molar-refractivity contribution in [1.29, 1.82) is 0 Å². The van der Waals surface area contributed by atoms with Gasteiger partial charge in [-0.3, -0.25) is 4.79 Å². The predicted octanol–water partition coefficient (Wildman–Crippen LogP) is 1.51. The van der Waals surface area contributed by atoms with Gasteiger partial charge >= 0.3 is 0 Å². The maximum absolute atomic E-state index is 12.5. The number of amides is 1. The van der Waals surface area contributed by atoms with Crippen molar-refractivity contribution in [1.82, 2.24) is 10.6 Å². The van der Waals surface area contributed by atoms with Crippen LogP contribution in [0, 0.1) is 12.3 Å². The van der Waals surface area contributed by atoms with Crippen LogP contribution in [0.2, 0.25) is 0 Å². The Morgan fingerprint density at radius 3 is 2.59 bits per heavy atom. The highest BCUT2D eigenvalue weighted by Gasteiger charge is 2.39. The van der Waals surface area contributed by atoms with Gasteiger partial charge in [0.1, 0.15) is 12.4 Å². The molecule has 0 aliphatic carbocycles. The summed E-state index contributed by atoms with van der Waals surface area (Å²) in [5, 5.41) is 6.27. The molecule has 0 spiro atoms. The summed E-state index contributed by atoms with van der Waals surface area (Å²) in [6, 6.07) is 7.90. The zero-order valence-electron chi connectivity index (χ0n) is 13.5. The van der Waals surface area contributed by atoms with Gasteiger partial charge < -0.3 is 20.1 Å². The summed E-state index contributed by atoms with van der Waals surface area (Å²) in [5.41, 5.74) is 0.803. The minimum atomic E-state index is -0.399. The molecule has 1 heterocycles. The van der Waals surface area contributed by atoms with E-state index in [9.17, 15) is 4.79 Å². The molecule has 0 saturated carbocycles. The van der Waals surface area contributed by atoms with Crippen molar-refractivity contribution in [3.63, 3.8) is 0 Å². The van der Waals surface area contributed by atoms with Crippen LogP contribution in [-0.2, 0) is 9.53 Å². The lowest BCUT2D eigenvalue weighted by molar-refractivity contribution is -0.136. The van der Waals surface area contributed by atoms with E-state index in [0.29, 0.717) is 19.8 Å². The van der Waals surface area contributed by atoms with Crippen LogP contribution in [0.5, 0.6) is 5.75 Å². The number of aryl methyl sites for hydroxylation is 1. The number of carbonyl (C=O) groups is 1. The molecule has 122 valence electrons. The number of benzene rings is 1. The number of rotatable bonds is 7. The molecule has 1 aliphatic heterocycles. The highest BCUT2D eigenvalue weighted by atomic mass is 16.5. The molecule has 2 N–H and O–H groups in total. The Morgan fingerprint density at radius 1 is 1.27 bits per heavy atom. The molecule has 5 heteroatoms. The third-order valence-electron chi connectivity index (χ3n) is 4.14. The third kappa shape index (κ3) is 4.45. The second-order valence-electron chi connectivity index (χ2n) is 5.88. The van der Waals surface area contributed by atoms with Crippen molar-refractivity contribution in [2.24, 2.45) is 5.41 Å². The third-order valence-corrected chi connectivity index (χ3v) is 4.14. The van der Waals surface area contributed by atoms with E-state index in [-0.39, 0.29) is 5.91 Å². The van der Waals surface area contributed by atoms with Gasteiger partial charge in [-0.1, -0.05) is 17.7 Å². The highest BCUT2D eigenvalue weighted by molar-refractivity contribution is 5.83. The minimum absolute atomic E-state index is 0.0726. The average Bonchev–Trinajstić information content (AvgIpc) is 2.54. The van der Waals surface area contributed by atoms with Gasteiger partial charge in [0.05, 0.1) is 18.6 Å². The number of carbonyl (C=O) groups excluding carboxylic acids is 1. The Labute approximate surface area is 132 Å². The Morgan fingerprint density at radius 2 is 1.95 bits per heavy atom. The van der Waals surface area contributed by atoms with Crippen LogP contribution in [-0.4, -0.2) is 45.9 Å². The summed E-state index contributed by atoms with van der Waals surface area (Å²) in [6.07, 6.45) is 1.62. The van der Waals surface area contributed by atoms with Crippen LogP contribution >= 0.6 is 0 Å². The second-order valence-corrected chi connectivity index (χ2v) is 5.88. The summed E-state index contributed by atoms with van der Waals surface area (Å²) in [4.78, 5) is 12.5. The molecule has 0 bridgehead atoms. The molecule has 0 atom stereocenters. The van der Waals surface area contributed by atoms with Crippen LogP contribution in [0.4, 0.5) is 0 Å². The first-order valence-electron chi connectivity index (χ1n) is 7.84. The van der Waals surface area contributed by atoms with Crippen molar-refractivity contribution in [3.05, 3.63) is 29.8 Å². The van der Waals surface area contributed by atoms with Crippen LogP contribution in [0.3, 0.4) is 0 Å². The zero-order valence-corrected chi connectivity index (χ0v) is 13.5. The Hall–Kier alpha value is -1.59. The molecule has 1 aromatic carbocycles. The molecule has 22 heavy (non-hydrogen) atoms. The maximum atomic E-state index is 12.5. The monoisotopic (exact) mass is 306 g/mol. The van der Waals surface area contributed by atoms with Crippen molar-refractivity contribution in [3.8, 4) is 5.75 Å². The number of nitrogens with one attached hydrogen (secondary N) is 2. The average molecular weight is 306 g/mol. The SMILES string of the molecule is COCC1(C(=O)NCCOc2ccc(C)cc2)CCNCC1. The number of hydrogen-bond donors (Lipinski definition) is 2. The zero-order chi connectivity index (χ0) is 15.8. The maximum Gasteiger partial charge on any atom is 0.228 e. The highest BCUT2D eigenvalue weighted by Crippen LogP contribution is 2.29. The fraction of sp³-hybridized carbons (Fsp3) is 0.588. The fourth-order valence-corrected chi connectivity index (χ4v) is 2.77. The van der Waals surface area contributed by atoms with E-state index in [0.717, 1.165) is 31.7 Å². The van der Waals surface area contributed by atoms with Crippen molar-refractivity contribution < 1.29 is 14.3 Å². The summed E-state index contributed by atoms with van der Waals surface area (Å²) >= 11 is 0. The molecular formula is C17H26N2O3. The topological polar surface area (TPSA) is 59.6 Å². The molecule has 1 fully saturated rings. The number of piperidine rings is 1. The van der Waals surface area contributed by atoms with Gasteiger partial charge in [-0.15, -0.1) is 0 Å². The molecule has 5 nitrogen and oxygen atoms in total. The first-order chi connectivity index (χ1) is 10.7. The fourth-order valence-electron chi connectivity index (χ4n) is 2.77. The number of methoxy groups -OCH3 is 1. The van der Waals surface area contributed by atoms with E-state index in [1.165, 1.54) is 5.56 Å². The smallest absolute Gasteiger partial charge is 0.228 e. The molecule has 1 aromatic rings. The van der Waals surface area contributed by atoms with Crippen LogP contribution in [0.15, 0.2) is 24.3 Å². The summed E-state index contributed by atoms with van der Waals surface area (Å²) < 4.78 is 10.9. The standard InChI is InChI=1S/C17H26N2O3/c1-14-3-5-15(6-4-14)22-12-11-19-16(20)17(13-21-2)7-9-18-10-8-17/h3-6,18H,7-13H2,1-2H3,(H,19,20). The lowest BCUT2D eigenvalue weighted by Crippen LogP contribution is -2.50. The molecule has 1 aliphatic rings. The summed E-state index contributed by atoms with van der Waals surface area (Å²) in [6.45, 7) is 5.20. The molecule has 2 rings (SSSR count). The van der Waals surface area contributed by atoms with Crippen molar-refractivity contribution in [2.45, 2.75) is 19.8 Å². The van der Waals surface area contributed by atoms with Gasteiger partial charge in [-0.25, -0.2) is 0 Å². The minimum Gasteiger partial charge on any atom is -0.492 e. The van der Waals surface area contributed by atoms with E-state index in [1.807, 2.05) is 31.2 Å². The molecule has 1 saturated heterocycles. The number of hydrogen-bond acceptors (Lipinski definition) is 4. The lowest BCUT2D eigenvalue weighted by Gasteiger charge is -2.35. The van der Waals surface area contributed by atoms with Crippen LogP contribution in [0.25, 0.3) is 0 Å². The van der Waals surface area contributed by atoms with E-state index < -0.39 is 5.41 Å². The van der Waals surface area contributed by atoms with Gasteiger partial charge in [-0.05, 0) is 45.0 Å². The van der Waals surface area contributed by atoms with Gasteiger partial charge in [0.15, 0.2) is 0 Å². The lowest BCUT2D eigenvalue weighted by atomic mass is 9.78. The Kier molecular flexibility index (Phi) is 6.21. The van der Waals surface area contributed by atoms with E-state index >= 15 is 0 Å². The second kappa shape index (κ2) is 8.15. The molecular weight excluding hydrogens is 280 g/mol. The first kappa shape index (κ1) is 16.8. The van der Waals surface area contributed by atoms with Gasteiger partial charge in [0, 0.05) is 7.11 Å². The molecule has 1 amide bonds. The van der Waals surface area contributed by atoms with Gasteiger partial charge in [0.2, 0.25) is 5.91 Å². The summed E-state index contributed by atoms with van der Waals surface area (Å²) in [7, 11) is 1.65. The van der Waals surface area contributed by atoms with Gasteiger partial charge in [-0.2, -0.15) is 0 Å². The van der Waals surface area contributed by atoms with Crippen LogP contribution in [0.1, 0.15) is 18.4 Å². The first-order valence-corrected chi connectivity index (χ1v) is 7.84. The normalized spacial score (nSPS) is 17.0. The molecule has 0 unspecified atom stereocenters. The predicted molar refractivity (Wildman–Crippen MR) is 86.1 cm³/mol. The van der Waals surface area contributed by atoms with E-state index in [4.69, 9.17) is 9.47 Å².